The summed E-state index contributed by atoms with van der Waals surface area (Å²) in [6.45, 7) is 2.56. The van der Waals surface area contributed by atoms with Crippen molar-refractivity contribution >= 4 is 5.91 Å². The molecule has 1 heterocycles. The van der Waals surface area contributed by atoms with E-state index in [0.717, 1.165) is 5.56 Å². The van der Waals surface area contributed by atoms with Crippen molar-refractivity contribution in [3.05, 3.63) is 102 Å². The molecule has 0 unspecified atom stereocenters. The average Bonchev–Trinajstić information content (AvgIpc) is 3.15. The number of benzene rings is 3. The Balaban J connectivity index is 1.78. The van der Waals surface area contributed by atoms with Crippen molar-refractivity contribution in [2.24, 2.45) is 7.05 Å². The lowest BCUT2D eigenvalue weighted by Crippen LogP contribution is -2.31. The van der Waals surface area contributed by atoms with Crippen molar-refractivity contribution in [2.45, 2.75) is 19.9 Å². The fourth-order valence-corrected chi connectivity index (χ4v) is 3.80. The molecule has 5 nitrogen and oxygen atoms in total. The molecular formula is C27H25F2N3O2. The summed E-state index contributed by atoms with van der Waals surface area (Å²) in [4.78, 5) is 14.9. The molecule has 0 spiro atoms. The van der Waals surface area contributed by atoms with Gasteiger partial charge in [-0.15, -0.1) is 0 Å². The second-order valence-electron chi connectivity index (χ2n) is 7.89. The second-order valence-corrected chi connectivity index (χ2v) is 7.89. The van der Waals surface area contributed by atoms with E-state index >= 15 is 0 Å². The van der Waals surface area contributed by atoms with E-state index in [2.05, 4.69) is 5.10 Å². The van der Waals surface area contributed by atoms with Gasteiger partial charge in [0.1, 0.15) is 11.5 Å². The third-order valence-electron chi connectivity index (χ3n) is 5.38. The molecule has 0 bridgehead atoms. The molecule has 4 aromatic rings. The van der Waals surface area contributed by atoms with Gasteiger partial charge in [0.15, 0.2) is 11.6 Å². The van der Waals surface area contributed by atoms with E-state index in [1.54, 1.807) is 34.8 Å². The fraction of sp³-hybridized carbons (Fsp3) is 0.185. The number of para-hydroxylation sites is 1. The Morgan fingerprint density at radius 3 is 2.44 bits per heavy atom. The van der Waals surface area contributed by atoms with Crippen molar-refractivity contribution in [1.29, 1.82) is 0 Å². The normalized spacial score (nSPS) is 10.8. The molecule has 34 heavy (non-hydrogen) atoms. The number of rotatable bonds is 8. The maximum absolute atomic E-state index is 14.4. The summed E-state index contributed by atoms with van der Waals surface area (Å²) in [6.07, 6.45) is 0.700. The van der Waals surface area contributed by atoms with Gasteiger partial charge in [0.05, 0.1) is 12.1 Å². The van der Waals surface area contributed by atoms with Gasteiger partial charge in [-0.25, -0.2) is 13.5 Å². The van der Waals surface area contributed by atoms with Gasteiger partial charge in [0.25, 0.3) is 5.91 Å². The lowest BCUT2D eigenvalue weighted by molar-refractivity contribution is 0.0742. The standard InChI is InChI=1S/C27H25F2N3O2/c1-3-16-32(26(33)20-12-9-13-21(28)17-20)18-22-25(19-10-5-4-6-11-19)30-31(2)27(22)34-24-15-8-7-14-23(24)29/h4-15,17H,3,16,18H2,1-2H3. The van der Waals surface area contributed by atoms with Gasteiger partial charge < -0.3 is 9.64 Å². The number of carbonyl (C=O) groups excluding carboxylic acids is 1. The van der Waals surface area contributed by atoms with Crippen molar-refractivity contribution in [2.75, 3.05) is 6.54 Å². The summed E-state index contributed by atoms with van der Waals surface area (Å²) in [5.41, 5.74) is 2.36. The Bertz CT molecular complexity index is 1290. The zero-order valence-electron chi connectivity index (χ0n) is 19.0. The topological polar surface area (TPSA) is 47.4 Å². The van der Waals surface area contributed by atoms with E-state index in [1.165, 1.54) is 30.3 Å². The van der Waals surface area contributed by atoms with Crippen LogP contribution in [0.1, 0.15) is 29.3 Å². The molecule has 0 radical (unpaired) electrons. The number of nitrogens with zero attached hydrogens (tertiary/aromatic N) is 3. The number of hydrogen-bond donors (Lipinski definition) is 0. The van der Waals surface area contributed by atoms with Crippen LogP contribution in [0.3, 0.4) is 0 Å². The first-order valence-electron chi connectivity index (χ1n) is 11.1. The highest BCUT2D eigenvalue weighted by Crippen LogP contribution is 2.35. The highest BCUT2D eigenvalue weighted by atomic mass is 19.1. The van der Waals surface area contributed by atoms with Crippen LogP contribution in [0.25, 0.3) is 11.3 Å². The number of hydrogen-bond acceptors (Lipinski definition) is 3. The average molecular weight is 462 g/mol. The van der Waals surface area contributed by atoms with Crippen LogP contribution in [0.2, 0.25) is 0 Å². The van der Waals surface area contributed by atoms with Crippen LogP contribution in [0, 0.1) is 11.6 Å². The molecule has 7 heteroatoms. The minimum Gasteiger partial charge on any atom is -0.436 e. The zero-order valence-corrected chi connectivity index (χ0v) is 19.0. The molecule has 0 aliphatic heterocycles. The SMILES string of the molecule is CCCN(Cc1c(-c2ccccc2)nn(C)c1Oc1ccccc1F)C(=O)c1cccc(F)c1. The summed E-state index contributed by atoms with van der Waals surface area (Å²) >= 11 is 0. The molecular weight excluding hydrogens is 436 g/mol. The Hall–Kier alpha value is -4.00. The van der Waals surface area contributed by atoms with Crippen LogP contribution in [0.4, 0.5) is 8.78 Å². The third-order valence-corrected chi connectivity index (χ3v) is 5.38. The maximum Gasteiger partial charge on any atom is 0.254 e. The predicted molar refractivity (Wildman–Crippen MR) is 127 cm³/mol. The molecule has 0 saturated heterocycles. The first-order chi connectivity index (χ1) is 16.5. The summed E-state index contributed by atoms with van der Waals surface area (Å²) < 4.78 is 35.7. The molecule has 3 aromatic carbocycles. The second kappa shape index (κ2) is 10.3. The number of halogens is 2. The van der Waals surface area contributed by atoms with E-state index in [4.69, 9.17) is 4.74 Å². The van der Waals surface area contributed by atoms with Crippen LogP contribution in [-0.2, 0) is 13.6 Å². The van der Waals surface area contributed by atoms with E-state index < -0.39 is 11.6 Å². The van der Waals surface area contributed by atoms with E-state index in [-0.39, 0.29) is 23.8 Å². The highest BCUT2D eigenvalue weighted by Gasteiger charge is 2.25. The fourth-order valence-electron chi connectivity index (χ4n) is 3.80. The number of ether oxygens (including phenoxy) is 1. The molecule has 0 aliphatic carbocycles. The van der Waals surface area contributed by atoms with Gasteiger partial charge in [-0.1, -0.05) is 55.5 Å². The molecule has 0 saturated carbocycles. The van der Waals surface area contributed by atoms with Gasteiger partial charge >= 0.3 is 0 Å². The number of amides is 1. The predicted octanol–water partition coefficient (Wildman–Crippen LogP) is 6.21. The Morgan fingerprint density at radius 1 is 1.00 bits per heavy atom. The van der Waals surface area contributed by atoms with Gasteiger partial charge in [-0.2, -0.15) is 5.10 Å². The number of aromatic nitrogens is 2. The van der Waals surface area contributed by atoms with Gasteiger partial charge in [0, 0.05) is 24.7 Å². The van der Waals surface area contributed by atoms with Crippen LogP contribution < -0.4 is 4.74 Å². The van der Waals surface area contributed by atoms with Crippen molar-refractivity contribution < 1.29 is 18.3 Å². The van der Waals surface area contributed by atoms with Crippen molar-refractivity contribution in [3.63, 3.8) is 0 Å². The van der Waals surface area contributed by atoms with Crippen LogP contribution in [0.15, 0.2) is 78.9 Å². The Labute approximate surface area is 197 Å². The Kier molecular flexibility index (Phi) is 7.01. The molecule has 0 aliphatic rings. The quantitative estimate of drug-likeness (QED) is 0.313. The minimum absolute atomic E-state index is 0.0601. The lowest BCUT2D eigenvalue weighted by Gasteiger charge is -2.23. The maximum atomic E-state index is 14.4. The van der Waals surface area contributed by atoms with E-state index in [1.807, 2.05) is 37.3 Å². The van der Waals surface area contributed by atoms with Crippen molar-refractivity contribution in [1.82, 2.24) is 14.7 Å². The molecule has 174 valence electrons. The molecule has 1 amide bonds. The first-order valence-corrected chi connectivity index (χ1v) is 11.1. The molecule has 0 N–H and O–H groups in total. The summed E-state index contributed by atoms with van der Waals surface area (Å²) in [5.74, 6) is -0.891. The zero-order chi connectivity index (χ0) is 24.1. The summed E-state index contributed by atoms with van der Waals surface area (Å²) in [6, 6.07) is 21.3. The molecule has 0 fully saturated rings. The van der Waals surface area contributed by atoms with Gasteiger partial charge in [-0.3, -0.25) is 4.79 Å². The number of carbonyl (C=O) groups is 1. The minimum atomic E-state index is -0.503. The Morgan fingerprint density at radius 2 is 1.74 bits per heavy atom. The molecule has 1 aromatic heterocycles. The largest absolute Gasteiger partial charge is 0.436 e. The van der Waals surface area contributed by atoms with Gasteiger partial charge in [0.2, 0.25) is 5.88 Å². The third kappa shape index (κ3) is 4.98. The van der Waals surface area contributed by atoms with Crippen LogP contribution in [0.5, 0.6) is 11.6 Å². The van der Waals surface area contributed by atoms with Crippen LogP contribution >= 0.6 is 0 Å². The lowest BCUT2D eigenvalue weighted by atomic mass is 10.1. The monoisotopic (exact) mass is 461 g/mol. The molecule has 4 rings (SSSR count). The smallest absolute Gasteiger partial charge is 0.254 e. The highest BCUT2D eigenvalue weighted by molar-refractivity contribution is 5.94. The first kappa shape index (κ1) is 23.2. The summed E-state index contributed by atoms with van der Waals surface area (Å²) in [5, 5.41) is 4.64. The van der Waals surface area contributed by atoms with Crippen LogP contribution in [-0.4, -0.2) is 27.1 Å². The summed E-state index contributed by atoms with van der Waals surface area (Å²) in [7, 11) is 1.71. The van der Waals surface area contributed by atoms with Crippen molar-refractivity contribution in [3.8, 4) is 22.9 Å². The number of aryl methyl sites for hydroxylation is 1. The van der Waals surface area contributed by atoms with E-state index in [0.29, 0.717) is 30.1 Å². The van der Waals surface area contributed by atoms with Gasteiger partial charge in [-0.05, 0) is 36.8 Å². The van der Waals surface area contributed by atoms with E-state index in [9.17, 15) is 13.6 Å². The molecule has 0 atom stereocenters.